The molecule has 0 amide bonds. The van der Waals surface area contributed by atoms with E-state index in [1.807, 2.05) is 17.4 Å². The van der Waals surface area contributed by atoms with Gasteiger partial charge in [-0.3, -0.25) is 0 Å². The molecule has 0 radical (unpaired) electrons. The summed E-state index contributed by atoms with van der Waals surface area (Å²) in [6.45, 7) is 0. The highest BCUT2D eigenvalue weighted by Crippen LogP contribution is 2.56. The Balaban J connectivity index is 0.965. The lowest BCUT2D eigenvalue weighted by Gasteiger charge is -2.34. The largest absolute Gasteiger partial charge is 0.228 e. The van der Waals surface area contributed by atoms with Crippen LogP contribution in [0.2, 0.25) is 0 Å². The zero-order chi connectivity index (χ0) is 41.0. The van der Waals surface area contributed by atoms with Crippen molar-refractivity contribution in [3.63, 3.8) is 0 Å². The third-order valence-electron chi connectivity index (χ3n) is 12.6. The van der Waals surface area contributed by atoms with E-state index in [-0.39, 0.29) is 0 Å². The second kappa shape index (κ2) is 14.8. The number of nitrogens with zero attached hydrogens (tertiary/aromatic N) is 2. The van der Waals surface area contributed by atoms with Gasteiger partial charge in [0, 0.05) is 36.9 Å². The van der Waals surface area contributed by atoms with E-state index in [0.717, 1.165) is 39.2 Å². The Morgan fingerprint density at radius 3 is 1.55 bits per heavy atom. The first kappa shape index (κ1) is 36.2. The molecule has 0 N–H and O–H groups in total. The van der Waals surface area contributed by atoms with Crippen LogP contribution >= 0.6 is 11.3 Å². The molecule has 9 aromatic carbocycles. The van der Waals surface area contributed by atoms with Crippen LogP contribution in [0.3, 0.4) is 0 Å². The van der Waals surface area contributed by atoms with Gasteiger partial charge in [0.2, 0.25) is 0 Å². The molecule has 0 aliphatic heterocycles. The van der Waals surface area contributed by atoms with Crippen molar-refractivity contribution in [3.05, 3.63) is 253 Å². The SMILES string of the molecule is c1ccc(-c2nc(-c3cccc(-c4ccc(-c5ccc6sc7ccccc7c6c5)cc4)c3)cc(-c3ccc4c(c3)C(c3ccccc3)(c3ccccc3)c3ccccc3-4)n2)cc1. The Bertz CT molecular complexity index is 3400. The fourth-order valence-electron chi connectivity index (χ4n) is 9.68. The quantitative estimate of drug-likeness (QED) is 0.160. The molecule has 2 aromatic heterocycles. The van der Waals surface area contributed by atoms with E-state index in [1.165, 1.54) is 64.7 Å². The lowest BCUT2D eigenvalue weighted by molar-refractivity contribution is 0.768. The van der Waals surface area contributed by atoms with E-state index in [0.29, 0.717) is 5.82 Å². The van der Waals surface area contributed by atoms with E-state index in [1.54, 1.807) is 0 Å². The first-order chi connectivity index (χ1) is 30.7. The summed E-state index contributed by atoms with van der Waals surface area (Å²) in [6, 6.07) is 83.4. The molecule has 11 aromatic rings. The number of hydrogen-bond acceptors (Lipinski definition) is 3. The van der Waals surface area contributed by atoms with Crippen molar-refractivity contribution >= 4 is 31.5 Å². The summed E-state index contributed by atoms with van der Waals surface area (Å²) in [4.78, 5) is 10.6. The van der Waals surface area contributed by atoms with Crippen molar-refractivity contribution in [3.8, 4) is 67.3 Å². The second-order valence-corrected chi connectivity index (χ2v) is 17.2. The van der Waals surface area contributed by atoms with E-state index in [4.69, 9.17) is 9.97 Å². The molecule has 290 valence electrons. The number of aromatic nitrogens is 2. The first-order valence-electron chi connectivity index (χ1n) is 21.1. The molecule has 2 nitrogen and oxygen atoms in total. The van der Waals surface area contributed by atoms with E-state index in [9.17, 15) is 0 Å². The Hall–Kier alpha value is -7.72. The molecule has 62 heavy (non-hydrogen) atoms. The van der Waals surface area contributed by atoms with Gasteiger partial charge in [0.05, 0.1) is 16.8 Å². The van der Waals surface area contributed by atoms with Crippen molar-refractivity contribution in [1.29, 1.82) is 0 Å². The van der Waals surface area contributed by atoms with Crippen LogP contribution in [-0.2, 0) is 5.41 Å². The number of rotatable bonds is 7. The summed E-state index contributed by atoms with van der Waals surface area (Å²) in [5.41, 5.74) is 16.6. The van der Waals surface area contributed by atoms with E-state index >= 15 is 0 Å². The molecule has 1 aliphatic carbocycles. The zero-order valence-electron chi connectivity index (χ0n) is 33.7. The smallest absolute Gasteiger partial charge is 0.160 e. The fourth-order valence-corrected chi connectivity index (χ4v) is 10.8. The Kier molecular flexibility index (Phi) is 8.62. The minimum Gasteiger partial charge on any atom is -0.228 e. The summed E-state index contributed by atoms with van der Waals surface area (Å²) >= 11 is 1.85. The molecule has 0 saturated carbocycles. The van der Waals surface area contributed by atoms with Gasteiger partial charge < -0.3 is 0 Å². The van der Waals surface area contributed by atoms with Crippen molar-refractivity contribution in [2.75, 3.05) is 0 Å². The van der Waals surface area contributed by atoms with Gasteiger partial charge in [-0.15, -0.1) is 11.3 Å². The van der Waals surface area contributed by atoms with Gasteiger partial charge in [0.1, 0.15) is 0 Å². The van der Waals surface area contributed by atoms with Crippen LogP contribution in [0.5, 0.6) is 0 Å². The summed E-state index contributed by atoms with van der Waals surface area (Å²) in [5, 5.41) is 2.64. The van der Waals surface area contributed by atoms with Crippen LogP contribution < -0.4 is 0 Å². The van der Waals surface area contributed by atoms with Gasteiger partial charge in [-0.25, -0.2) is 9.97 Å². The average Bonchev–Trinajstić information content (AvgIpc) is 3.88. The predicted octanol–water partition coefficient (Wildman–Crippen LogP) is 15.5. The molecule has 0 fully saturated rings. The molecule has 1 aliphatic rings. The zero-order valence-corrected chi connectivity index (χ0v) is 34.6. The maximum atomic E-state index is 5.31. The van der Waals surface area contributed by atoms with Crippen molar-refractivity contribution in [2.45, 2.75) is 5.41 Å². The summed E-state index contributed by atoms with van der Waals surface area (Å²) in [5.74, 6) is 0.699. The highest BCUT2D eigenvalue weighted by atomic mass is 32.1. The van der Waals surface area contributed by atoms with E-state index in [2.05, 4.69) is 224 Å². The Morgan fingerprint density at radius 1 is 0.306 bits per heavy atom. The van der Waals surface area contributed by atoms with Gasteiger partial charge in [0.15, 0.2) is 5.82 Å². The Labute approximate surface area is 365 Å². The normalized spacial score (nSPS) is 12.6. The summed E-state index contributed by atoms with van der Waals surface area (Å²) in [7, 11) is 0. The molecule has 3 heteroatoms. The van der Waals surface area contributed by atoms with Gasteiger partial charge >= 0.3 is 0 Å². The third-order valence-corrected chi connectivity index (χ3v) is 13.8. The average molecular weight is 807 g/mol. The Morgan fingerprint density at radius 2 is 0.823 bits per heavy atom. The highest BCUT2D eigenvalue weighted by molar-refractivity contribution is 7.25. The molecule has 0 unspecified atom stereocenters. The number of hydrogen-bond donors (Lipinski definition) is 0. The predicted molar refractivity (Wildman–Crippen MR) is 259 cm³/mol. The van der Waals surface area contributed by atoms with Gasteiger partial charge in [-0.2, -0.15) is 0 Å². The molecule has 0 spiro atoms. The first-order valence-corrected chi connectivity index (χ1v) is 22.0. The van der Waals surface area contributed by atoms with Crippen LogP contribution in [0, 0.1) is 0 Å². The molecule has 12 rings (SSSR count). The monoisotopic (exact) mass is 806 g/mol. The van der Waals surface area contributed by atoms with Gasteiger partial charge in [0.25, 0.3) is 0 Å². The molecule has 0 saturated heterocycles. The van der Waals surface area contributed by atoms with Crippen molar-refractivity contribution < 1.29 is 0 Å². The number of thiophene rings is 1. The molecular weight excluding hydrogens is 769 g/mol. The van der Waals surface area contributed by atoms with Gasteiger partial charge in [-0.05, 0) is 92.0 Å². The molecule has 2 heterocycles. The van der Waals surface area contributed by atoms with Crippen molar-refractivity contribution in [1.82, 2.24) is 9.97 Å². The molecule has 0 bridgehead atoms. The van der Waals surface area contributed by atoms with Crippen LogP contribution in [0.25, 0.3) is 87.5 Å². The minimum absolute atomic E-state index is 0.502. The lowest BCUT2D eigenvalue weighted by atomic mass is 9.67. The minimum atomic E-state index is -0.502. The molecule has 0 atom stereocenters. The van der Waals surface area contributed by atoms with Crippen LogP contribution in [0.4, 0.5) is 0 Å². The summed E-state index contributed by atoms with van der Waals surface area (Å²) < 4.78 is 2.65. The van der Waals surface area contributed by atoms with E-state index < -0.39 is 5.41 Å². The lowest BCUT2D eigenvalue weighted by Crippen LogP contribution is -2.28. The fraction of sp³-hybridized carbons (Fsp3) is 0.0169. The van der Waals surface area contributed by atoms with Crippen LogP contribution in [-0.4, -0.2) is 9.97 Å². The van der Waals surface area contributed by atoms with Gasteiger partial charge in [-0.1, -0.05) is 194 Å². The third kappa shape index (κ3) is 5.93. The highest BCUT2D eigenvalue weighted by Gasteiger charge is 2.46. The topological polar surface area (TPSA) is 25.8 Å². The number of benzene rings is 9. The second-order valence-electron chi connectivity index (χ2n) is 16.1. The molecular formula is C59H38N2S. The number of fused-ring (bicyclic) bond motifs is 6. The maximum absolute atomic E-state index is 5.31. The standard InChI is InChI=1S/C59H38N2S/c1-4-15-41(16-5-1)58-60-54(44-18-14-17-42(35-44)39-27-29-40(30-28-39)43-32-34-57-51(36-43)50-24-11-13-26-56(50)62-57)38-55(61-58)45-31-33-49-48-23-10-12-25-52(48)59(53(49)37-45,46-19-6-2-7-20-46)47-21-8-3-9-22-47/h1-38H. The maximum Gasteiger partial charge on any atom is 0.160 e. The van der Waals surface area contributed by atoms with Crippen molar-refractivity contribution in [2.24, 2.45) is 0 Å². The summed E-state index contributed by atoms with van der Waals surface area (Å²) in [6.07, 6.45) is 0. The van der Waals surface area contributed by atoms with Crippen LogP contribution in [0.15, 0.2) is 231 Å². The van der Waals surface area contributed by atoms with Crippen LogP contribution in [0.1, 0.15) is 22.3 Å².